The summed E-state index contributed by atoms with van der Waals surface area (Å²) in [5, 5.41) is 16.9. The molecule has 34 heavy (non-hydrogen) atoms. The molecule has 2 bridgehead atoms. The third-order valence-corrected chi connectivity index (χ3v) is 9.03. The summed E-state index contributed by atoms with van der Waals surface area (Å²) in [5.41, 5.74) is 0.957. The monoisotopic (exact) mass is 464 g/mol. The highest BCUT2D eigenvalue weighted by atomic mass is 16.5. The lowest BCUT2D eigenvalue weighted by Crippen LogP contribution is -2.71. The molecular weight excluding hydrogens is 428 g/mol. The lowest BCUT2D eigenvalue weighted by molar-refractivity contribution is -0.153. The molecule has 1 amide bonds. The predicted octanol–water partition coefficient (Wildman–Crippen LogP) is 2.61. The molecule has 1 aromatic heterocycles. The fourth-order valence-corrected chi connectivity index (χ4v) is 6.99. The highest BCUT2D eigenvalue weighted by Gasteiger charge is 2.64. The van der Waals surface area contributed by atoms with Crippen molar-refractivity contribution < 1.29 is 14.6 Å². The Balaban J connectivity index is 1.33. The number of carbonyl (C=O) groups is 1. The second-order valence-corrected chi connectivity index (χ2v) is 10.9. The summed E-state index contributed by atoms with van der Waals surface area (Å²) in [7, 11) is 1.69. The first kappa shape index (κ1) is 22.1. The highest BCUT2D eigenvalue weighted by Crippen LogP contribution is 2.57. The Morgan fingerprint density at radius 3 is 2.85 bits per heavy atom. The Hall–Kier alpha value is -2.38. The molecule has 2 saturated heterocycles. The number of amides is 1. The van der Waals surface area contributed by atoms with Gasteiger partial charge in [0.15, 0.2) is 0 Å². The van der Waals surface area contributed by atoms with Crippen LogP contribution in [0.1, 0.15) is 49.7 Å². The normalized spacial score (nSPS) is 31.1. The van der Waals surface area contributed by atoms with Gasteiger partial charge in [0.25, 0.3) is 0 Å². The first-order valence-electron chi connectivity index (χ1n) is 12.9. The van der Waals surface area contributed by atoms with Crippen LogP contribution in [-0.2, 0) is 23.2 Å². The number of nitrogens with zero attached hydrogens (tertiary/aromatic N) is 4. The second-order valence-electron chi connectivity index (χ2n) is 10.9. The van der Waals surface area contributed by atoms with Gasteiger partial charge in [-0.05, 0) is 80.3 Å². The molecule has 1 aromatic carbocycles. The third-order valence-electron chi connectivity index (χ3n) is 9.03. The summed E-state index contributed by atoms with van der Waals surface area (Å²) in [6.45, 7) is 4.14. The standard InChI is InChI=1S/C27H36N4O3/c1-34-22-7-6-21-16-24-27(33)9-15-29(11-3-13-31-12-2-10-28-31)25(32)18-26(27,23(21)17-22)8-14-30(24)19-20-4-5-20/h2,6-7,10,12,17,20,24,33H,3-5,8-9,11,13-16,18-19H2,1H3. The first-order valence-corrected chi connectivity index (χ1v) is 12.9. The Labute approximate surface area is 201 Å². The number of aromatic nitrogens is 2. The molecule has 6 rings (SSSR count). The molecule has 2 aliphatic carbocycles. The molecule has 3 atom stereocenters. The number of aliphatic hydroxyl groups is 1. The Morgan fingerprint density at radius 2 is 2.09 bits per heavy atom. The van der Waals surface area contributed by atoms with E-state index in [9.17, 15) is 9.90 Å². The molecule has 3 fully saturated rings. The van der Waals surface area contributed by atoms with Crippen molar-refractivity contribution in [2.24, 2.45) is 5.92 Å². The molecule has 2 aromatic rings. The van der Waals surface area contributed by atoms with E-state index in [1.54, 1.807) is 13.3 Å². The first-order chi connectivity index (χ1) is 16.5. The number of benzene rings is 1. The van der Waals surface area contributed by atoms with Crippen molar-refractivity contribution in [2.75, 3.05) is 33.3 Å². The Bertz CT molecular complexity index is 1050. The number of carbonyl (C=O) groups excluding carboxylic acids is 1. The zero-order chi connectivity index (χ0) is 23.3. The van der Waals surface area contributed by atoms with Crippen LogP contribution >= 0.6 is 0 Å². The minimum absolute atomic E-state index is 0.0690. The van der Waals surface area contributed by atoms with E-state index in [0.717, 1.165) is 56.1 Å². The van der Waals surface area contributed by atoms with Crippen molar-refractivity contribution in [3.63, 3.8) is 0 Å². The number of likely N-dealkylation sites (tertiary alicyclic amines) is 2. The van der Waals surface area contributed by atoms with Crippen LogP contribution in [0, 0.1) is 5.92 Å². The van der Waals surface area contributed by atoms with E-state index in [-0.39, 0.29) is 11.9 Å². The SMILES string of the molecule is COc1ccc2c(c1)C13CCN(CC4CC4)C(C2)C1(O)CCN(CCCn1cccn1)C(=O)C3. The van der Waals surface area contributed by atoms with Gasteiger partial charge >= 0.3 is 0 Å². The van der Waals surface area contributed by atoms with Crippen LogP contribution in [0.2, 0.25) is 0 Å². The Kier molecular flexibility index (Phi) is 5.45. The van der Waals surface area contributed by atoms with Crippen molar-refractivity contribution in [3.8, 4) is 5.75 Å². The van der Waals surface area contributed by atoms with Gasteiger partial charge in [-0.15, -0.1) is 0 Å². The maximum absolute atomic E-state index is 13.7. The lowest BCUT2D eigenvalue weighted by Gasteiger charge is -2.61. The van der Waals surface area contributed by atoms with Gasteiger partial charge in [0.2, 0.25) is 5.91 Å². The molecule has 1 saturated carbocycles. The second kappa shape index (κ2) is 8.38. The minimum atomic E-state index is -0.911. The molecule has 2 aliphatic heterocycles. The van der Waals surface area contributed by atoms with Crippen LogP contribution in [0.3, 0.4) is 0 Å². The number of methoxy groups -OCH3 is 1. The topological polar surface area (TPSA) is 70.8 Å². The summed E-state index contributed by atoms with van der Waals surface area (Å²) in [6, 6.07) is 8.30. The lowest BCUT2D eigenvalue weighted by atomic mass is 9.52. The summed E-state index contributed by atoms with van der Waals surface area (Å²) >= 11 is 0. The predicted molar refractivity (Wildman–Crippen MR) is 129 cm³/mol. The van der Waals surface area contributed by atoms with E-state index in [4.69, 9.17) is 4.74 Å². The molecule has 3 unspecified atom stereocenters. The zero-order valence-electron chi connectivity index (χ0n) is 20.2. The van der Waals surface area contributed by atoms with Crippen molar-refractivity contribution in [3.05, 3.63) is 47.8 Å². The van der Waals surface area contributed by atoms with Gasteiger partial charge in [-0.3, -0.25) is 14.4 Å². The van der Waals surface area contributed by atoms with Gasteiger partial charge in [0.05, 0.1) is 12.7 Å². The van der Waals surface area contributed by atoms with Gasteiger partial charge in [-0.2, -0.15) is 5.10 Å². The van der Waals surface area contributed by atoms with E-state index in [1.807, 2.05) is 27.9 Å². The molecular formula is C27H36N4O3. The maximum Gasteiger partial charge on any atom is 0.223 e. The number of fused-ring (bicyclic) bond motifs is 1. The van der Waals surface area contributed by atoms with Crippen molar-refractivity contribution in [1.29, 1.82) is 0 Å². The quantitative estimate of drug-likeness (QED) is 0.682. The van der Waals surface area contributed by atoms with Crippen LogP contribution in [0.15, 0.2) is 36.7 Å². The third kappa shape index (κ3) is 3.55. The Morgan fingerprint density at radius 1 is 1.21 bits per heavy atom. The molecule has 1 N–H and O–H groups in total. The maximum atomic E-state index is 13.7. The van der Waals surface area contributed by atoms with E-state index in [1.165, 1.54) is 18.4 Å². The molecule has 182 valence electrons. The number of rotatable bonds is 7. The smallest absolute Gasteiger partial charge is 0.223 e. The van der Waals surface area contributed by atoms with Gasteiger partial charge in [0, 0.05) is 56.5 Å². The summed E-state index contributed by atoms with van der Waals surface area (Å²) < 4.78 is 7.50. The van der Waals surface area contributed by atoms with Gasteiger partial charge < -0.3 is 14.7 Å². The summed E-state index contributed by atoms with van der Waals surface area (Å²) in [5.74, 6) is 1.75. The average molecular weight is 465 g/mol. The van der Waals surface area contributed by atoms with E-state index in [2.05, 4.69) is 22.1 Å². The molecule has 0 spiro atoms. The van der Waals surface area contributed by atoms with Crippen molar-refractivity contribution in [1.82, 2.24) is 19.6 Å². The van der Waals surface area contributed by atoms with Gasteiger partial charge in [-0.25, -0.2) is 0 Å². The average Bonchev–Trinajstić information content (AvgIpc) is 3.52. The summed E-state index contributed by atoms with van der Waals surface area (Å²) in [6.07, 6.45) is 9.89. The van der Waals surface area contributed by atoms with Crippen LogP contribution in [0.4, 0.5) is 0 Å². The molecule has 3 heterocycles. The highest BCUT2D eigenvalue weighted by molar-refractivity contribution is 5.79. The number of piperidine rings is 1. The van der Waals surface area contributed by atoms with E-state index >= 15 is 0 Å². The number of ether oxygens (including phenoxy) is 1. The van der Waals surface area contributed by atoms with E-state index < -0.39 is 11.0 Å². The fourth-order valence-electron chi connectivity index (χ4n) is 6.99. The molecule has 7 heteroatoms. The van der Waals surface area contributed by atoms with Crippen LogP contribution in [0.5, 0.6) is 5.75 Å². The van der Waals surface area contributed by atoms with Crippen molar-refractivity contribution in [2.45, 2.75) is 68.5 Å². The van der Waals surface area contributed by atoms with Gasteiger partial charge in [-0.1, -0.05) is 6.07 Å². The van der Waals surface area contributed by atoms with Crippen molar-refractivity contribution >= 4 is 5.91 Å². The fraction of sp³-hybridized carbons (Fsp3) is 0.630. The van der Waals surface area contributed by atoms with Crippen LogP contribution in [0.25, 0.3) is 0 Å². The largest absolute Gasteiger partial charge is 0.497 e. The number of hydrogen-bond donors (Lipinski definition) is 1. The number of aryl methyl sites for hydroxylation is 1. The zero-order valence-corrected chi connectivity index (χ0v) is 20.2. The minimum Gasteiger partial charge on any atom is -0.497 e. The van der Waals surface area contributed by atoms with Crippen LogP contribution < -0.4 is 4.74 Å². The molecule has 0 radical (unpaired) electrons. The van der Waals surface area contributed by atoms with Crippen LogP contribution in [-0.4, -0.2) is 75.5 Å². The van der Waals surface area contributed by atoms with E-state index in [0.29, 0.717) is 25.9 Å². The summed E-state index contributed by atoms with van der Waals surface area (Å²) in [4.78, 5) is 18.2. The van der Waals surface area contributed by atoms with Gasteiger partial charge in [0.1, 0.15) is 5.75 Å². The number of hydrogen-bond acceptors (Lipinski definition) is 5. The molecule has 4 aliphatic rings. The molecule has 7 nitrogen and oxygen atoms in total.